The van der Waals surface area contributed by atoms with E-state index in [0.717, 1.165) is 0 Å². The van der Waals surface area contributed by atoms with Crippen molar-refractivity contribution in [2.75, 3.05) is 13.1 Å². The molecule has 0 radical (unpaired) electrons. The molecule has 1 aromatic heterocycles. The number of carbonyl (C=O) groups excluding carboxylic acids is 1. The molecule has 0 saturated carbocycles. The minimum Gasteiger partial charge on any atom is -0.386 e. The van der Waals surface area contributed by atoms with Crippen molar-refractivity contribution < 1.29 is 9.90 Å². The van der Waals surface area contributed by atoms with Crippen molar-refractivity contribution in [2.45, 2.75) is 12.1 Å². The van der Waals surface area contributed by atoms with E-state index in [0.29, 0.717) is 18.7 Å². The van der Waals surface area contributed by atoms with Crippen LogP contribution in [-0.4, -0.2) is 40.0 Å². The molecule has 90 valence electrons. The highest BCUT2D eigenvalue weighted by Crippen LogP contribution is 2.16. The maximum atomic E-state index is 11.9. The minimum absolute atomic E-state index is 0.237. The van der Waals surface area contributed by atoms with Gasteiger partial charge in [-0.15, -0.1) is 0 Å². The Balaban J connectivity index is 2.04. The number of aliphatic hydroxyl groups excluding tert-OH is 1. The number of amides is 1. The van der Waals surface area contributed by atoms with Gasteiger partial charge >= 0.3 is 0 Å². The lowest BCUT2D eigenvalue weighted by molar-refractivity contribution is -0.133. The van der Waals surface area contributed by atoms with E-state index in [1.54, 1.807) is 29.4 Å². The zero-order chi connectivity index (χ0) is 12.3. The van der Waals surface area contributed by atoms with Crippen molar-refractivity contribution in [3.8, 4) is 0 Å². The van der Waals surface area contributed by atoms with Gasteiger partial charge in [-0.05, 0) is 17.7 Å². The lowest BCUT2D eigenvalue weighted by Gasteiger charge is -2.23. The summed E-state index contributed by atoms with van der Waals surface area (Å²) in [6.07, 6.45) is 5.94. The van der Waals surface area contributed by atoms with E-state index in [1.807, 2.05) is 12.2 Å². The largest absolute Gasteiger partial charge is 0.386 e. The van der Waals surface area contributed by atoms with Crippen molar-refractivity contribution in [2.24, 2.45) is 5.73 Å². The Labute approximate surface area is 99.6 Å². The molecular weight excluding hydrogens is 218 g/mol. The van der Waals surface area contributed by atoms with Gasteiger partial charge in [-0.25, -0.2) is 0 Å². The smallest absolute Gasteiger partial charge is 0.243 e. The van der Waals surface area contributed by atoms with Crippen LogP contribution in [0.5, 0.6) is 0 Å². The Bertz CT molecular complexity index is 411. The highest BCUT2D eigenvalue weighted by molar-refractivity contribution is 5.83. The molecule has 17 heavy (non-hydrogen) atoms. The lowest BCUT2D eigenvalue weighted by atomic mass is 10.0. The average Bonchev–Trinajstić information content (AvgIpc) is 2.91. The first-order chi connectivity index (χ1) is 8.20. The molecule has 0 aromatic carbocycles. The topological polar surface area (TPSA) is 79.5 Å². The highest BCUT2D eigenvalue weighted by atomic mass is 16.3. The summed E-state index contributed by atoms with van der Waals surface area (Å²) in [5.41, 5.74) is 6.39. The molecule has 3 N–H and O–H groups in total. The summed E-state index contributed by atoms with van der Waals surface area (Å²) < 4.78 is 0. The van der Waals surface area contributed by atoms with Crippen LogP contribution in [0, 0.1) is 0 Å². The molecule has 1 amide bonds. The fourth-order valence-corrected chi connectivity index (χ4v) is 1.77. The normalized spacial score (nSPS) is 18.1. The summed E-state index contributed by atoms with van der Waals surface area (Å²) in [6.45, 7) is 1.13. The van der Waals surface area contributed by atoms with Crippen molar-refractivity contribution in [3.05, 3.63) is 42.2 Å². The number of aliphatic hydroxyl groups is 1. The van der Waals surface area contributed by atoms with Crippen molar-refractivity contribution >= 4 is 5.91 Å². The van der Waals surface area contributed by atoms with Crippen LogP contribution >= 0.6 is 0 Å². The Morgan fingerprint density at radius 3 is 2.53 bits per heavy atom. The second kappa shape index (κ2) is 5.07. The van der Waals surface area contributed by atoms with Gasteiger partial charge in [0.1, 0.15) is 12.1 Å². The van der Waals surface area contributed by atoms with Gasteiger partial charge in [0.05, 0.1) is 0 Å². The summed E-state index contributed by atoms with van der Waals surface area (Å²) >= 11 is 0. The van der Waals surface area contributed by atoms with Gasteiger partial charge in [-0.2, -0.15) is 0 Å². The number of rotatable bonds is 3. The number of hydrogen-bond donors (Lipinski definition) is 2. The van der Waals surface area contributed by atoms with Crippen LogP contribution in [0.2, 0.25) is 0 Å². The molecule has 2 atom stereocenters. The summed E-state index contributed by atoms with van der Waals surface area (Å²) in [5.74, 6) is -0.237. The molecule has 2 heterocycles. The SMILES string of the molecule is N[C@@H](C(=O)N1CC=CC1)[C@@H](O)c1ccncc1. The van der Waals surface area contributed by atoms with Gasteiger partial charge in [-0.1, -0.05) is 12.2 Å². The third-order valence-corrected chi connectivity index (χ3v) is 2.80. The number of carbonyl (C=O) groups is 1. The molecule has 0 aliphatic carbocycles. The lowest BCUT2D eigenvalue weighted by Crippen LogP contribution is -2.46. The molecule has 5 heteroatoms. The van der Waals surface area contributed by atoms with E-state index >= 15 is 0 Å². The van der Waals surface area contributed by atoms with Crippen LogP contribution in [0.4, 0.5) is 0 Å². The number of nitrogens with two attached hydrogens (primary N) is 1. The van der Waals surface area contributed by atoms with Gasteiger partial charge in [0.25, 0.3) is 0 Å². The first-order valence-corrected chi connectivity index (χ1v) is 5.47. The molecule has 0 unspecified atom stereocenters. The van der Waals surface area contributed by atoms with Gasteiger partial charge in [0.2, 0.25) is 5.91 Å². The summed E-state index contributed by atoms with van der Waals surface area (Å²) in [4.78, 5) is 17.4. The molecule has 1 aromatic rings. The second-order valence-electron chi connectivity index (χ2n) is 3.97. The zero-order valence-corrected chi connectivity index (χ0v) is 9.36. The predicted octanol–water partition coefficient (Wildman–Crippen LogP) is -0.159. The number of hydrogen-bond acceptors (Lipinski definition) is 4. The van der Waals surface area contributed by atoms with E-state index in [2.05, 4.69) is 4.98 Å². The Hall–Kier alpha value is -1.72. The van der Waals surface area contributed by atoms with E-state index in [4.69, 9.17) is 5.73 Å². The Morgan fingerprint density at radius 1 is 1.35 bits per heavy atom. The van der Waals surface area contributed by atoms with Crippen LogP contribution in [0.3, 0.4) is 0 Å². The first kappa shape index (κ1) is 11.8. The van der Waals surface area contributed by atoms with E-state index in [1.165, 1.54) is 0 Å². The number of pyridine rings is 1. The van der Waals surface area contributed by atoms with E-state index in [-0.39, 0.29) is 5.91 Å². The van der Waals surface area contributed by atoms with E-state index < -0.39 is 12.1 Å². The van der Waals surface area contributed by atoms with Crippen LogP contribution in [0.15, 0.2) is 36.7 Å². The van der Waals surface area contributed by atoms with Crippen LogP contribution < -0.4 is 5.73 Å². The molecule has 2 rings (SSSR count). The van der Waals surface area contributed by atoms with Crippen molar-refractivity contribution in [3.63, 3.8) is 0 Å². The van der Waals surface area contributed by atoms with Crippen molar-refractivity contribution in [1.82, 2.24) is 9.88 Å². The standard InChI is InChI=1S/C12H15N3O2/c13-10(12(17)15-7-1-2-8-15)11(16)9-3-5-14-6-4-9/h1-6,10-11,16H,7-8,13H2/t10-,11+/m1/s1. The predicted molar refractivity (Wildman–Crippen MR) is 62.9 cm³/mol. The minimum atomic E-state index is -0.994. The second-order valence-corrected chi connectivity index (χ2v) is 3.97. The van der Waals surface area contributed by atoms with Gasteiger partial charge in [0, 0.05) is 25.5 Å². The van der Waals surface area contributed by atoms with Gasteiger partial charge in [0.15, 0.2) is 0 Å². The fourth-order valence-electron chi connectivity index (χ4n) is 1.77. The summed E-state index contributed by atoms with van der Waals surface area (Å²) in [5, 5.41) is 10.00. The third-order valence-electron chi connectivity index (χ3n) is 2.80. The fraction of sp³-hybridized carbons (Fsp3) is 0.333. The molecule has 0 saturated heterocycles. The molecule has 1 aliphatic rings. The van der Waals surface area contributed by atoms with Crippen molar-refractivity contribution in [1.29, 1.82) is 0 Å². The van der Waals surface area contributed by atoms with Crippen LogP contribution in [0.1, 0.15) is 11.7 Å². The number of aromatic nitrogens is 1. The molecular formula is C12H15N3O2. The zero-order valence-electron chi connectivity index (χ0n) is 9.36. The van der Waals surface area contributed by atoms with Gasteiger partial charge < -0.3 is 15.7 Å². The third kappa shape index (κ3) is 2.51. The van der Waals surface area contributed by atoms with Crippen LogP contribution in [-0.2, 0) is 4.79 Å². The summed E-state index contributed by atoms with van der Waals surface area (Å²) in [7, 11) is 0. The Kier molecular flexibility index (Phi) is 3.51. The monoisotopic (exact) mass is 233 g/mol. The Morgan fingerprint density at radius 2 is 1.94 bits per heavy atom. The first-order valence-electron chi connectivity index (χ1n) is 5.47. The maximum Gasteiger partial charge on any atom is 0.243 e. The molecule has 1 aliphatic heterocycles. The van der Waals surface area contributed by atoms with Crippen LogP contribution in [0.25, 0.3) is 0 Å². The van der Waals surface area contributed by atoms with E-state index in [9.17, 15) is 9.90 Å². The average molecular weight is 233 g/mol. The number of nitrogens with zero attached hydrogens (tertiary/aromatic N) is 2. The summed E-state index contributed by atoms with van der Waals surface area (Å²) in [6, 6.07) is 2.37. The quantitative estimate of drug-likeness (QED) is 0.711. The highest BCUT2D eigenvalue weighted by Gasteiger charge is 2.28. The molecule has 0 spiro atoms. The molecule has 5 nitrogen and oxygen atoms in total. The van der Waals surface area contributed by atoms with Gasteiger partial charge in [-0.3, -0.25) is 9.78 Å². The maximum absolute atomic E-state index is 11.9. The molecule has 0 fully saturated rings. The molecule has 0 bridgehead atoms.